The van der Waals surface area contributed by atoms with Gasteiger partial charge in [0.1, 0.15) is 22.3 Å². The van der Waals surface area contributed by atoms with Crippen LogP contribution in [0.5, 0.6) is 0 Å². The van der Waals surface area contributed by atoms with Crippen molar-refractivity contribution in [3.8, 4) is 66.8 Å². The smallest absolute Gasteiger partial charge is 0.136 e. The predicted octanol–water partition coefficient (Wildman–Crippen LogP) is 28.7. The normalized spacial score (nSPS) is 17.1. The van der Waals surface area contributed by atoms with E-state index in [9.17, 15) is 23.3 Å². The Hall–Kier alpha value is -13.4. The summed E-state index contributed by atoms with van der Waals surface area (Å²) in [5, 5.41) is -0.632. The van der Waals surface area contributed by atoms with Gasteiger partial charge < -0.3 is 8.83 Å². The molecular formula is C100H60O2. The van der Waals surface area contributed by atoms with E-state index >= 15 is 0 Å². The SMILES string of the molecule is [2H]c1c([2H])c(-c2c([2H])c([2H])c3c([2H])c([2H])c([2H])c([2H])c3c2-c2c3c([2H])c([2H])c([2H])c([2H])c3c(-c3c([2H])c([2H])c4c([2H])c([2H])c([2H])c([2H])c4c3[2H])c3c([2H])c([2H])c([2H])c([2H])c23)c2c(oc3c([2H])c([2H])c4c([2H])c([2H])c([2H])c([2H])c4c32)c1[2H].[2H]c1c([2H])c([2H])c2c(-c3cc(-c4cccc5oc6ccc7ccccc7c6c45)cc4ccccc34)c3c([2H])c([2H])c([2H])c([2H])c3c(-c3cccc4ccccc34)c2c1[2H]. The molecule has 0 saturated heterocycles. The van der Waals surface area contributed by atoms with Crippen LogP contribution in [0.15, 0.2) is 372 Å². The van der Waals surface area contributed by atoms with Gasteiger partial charge in [-0.2, -0.15) is 0 Å². The second-order valence-corrected chi connectivity index (χ2v) is 24.2. The van der Waals surface area contributed by atoms with Crippen molar-refractivity contribution < 1.29 is 60.9 Å². The highest BCUT2D eigenvalue weighted by Crippen LogP contribution is 2.53. The number of hydrogen-bond acceptors (Lipinski definition) is 2. The van der Waals surface area contributed by atoms with Crippen LogP contribution in [0.25, 0.3) is 218 Å². The third kappa shape index (κ3) is 8.93. The van der Waals surface area contributed by atoms with E-state index in [4.69, 9.17) is 37.6 Å². The Labute approximate surface area is 640 Å². The van der Waals surface area contributed by atoms with E-state index in [1.54, 1.807) is 0 Å². The van der Waals surface area contributed by atoms with E-state index in [1.807, 2.05) is 109 Å². The van der Waals surface area contributed by atoms with Gasteiger partial charge in [-0.3, -0.25) is 0 Å². The number of furan rings is 2. The minimum atomic E-state index is -1.13. The van der Waals surface area contributed by atoms with Gasteiger partial charge in [-0.05, 0) is 217 Å². The molecule has 2 heteroatoms. The highest BCUT2D eigenvalue weighted by atomic mass is 16.3. The second-order valence-electron chi connectivity index (χ2n) is 24.2. The van der Waals surface area contributed by atoms with Crippen molar-refractivity contribution in [2.24, 2.45) is 0 Å². The molecule has 0 spiro atoms. The average molecular weight is 1330 g/mol. The van der Waals surface area contributed by atoms with E-state index in [0.717, 1.165) is 59.8 Å². The van der Waals surface area contributed by atoms with Gasteiger partial charge in [0, 0.05) is 21.5 Å². The van der Waals surface area contributed by atoms with Crippen molar-refractivity contribution in [2.75, 3.05) is 0 Å². The van der Waals surface area contributed by atoms with Crippen LogP contribution in [-0.2, 0) is 0 Å². The van der Waals surface area contributed by atoms with Gasteiger partial charge >= 0.3 is 0 Å². The maximum atomic E-state index is 10.0. The molecule has 0 aliphatic heterocycles. The molecular weight excluding hydrogens is 1230 g/mol. The summed E-state index contributed by atoms with van der Waals surface area (Å²) in [7, 11) is 0. The molecule has 0 radical (unpaired) electrons. The Morgan fingerprint density at radius 1 is 0.186 bits per heavy atom. The summed E-state index contributed by atoms with van der Waals surface area (Å²) in [4.78, 5) is 0. The van der Waals surface area contributed by atoms with Crippen LogP contribution < -0.4 is 0 Å². The van der Waals surface area contributed by atoms with Gasteiger partial charge in [-0.15, -0.1) is 0 Å². The highest BCUT2D eigenvalue weighted by molar-refractivity contribution is 6.30. The molecule has 0 saturated carbocycles. The molecule has 0 aliphatic rings. The van der Waals surface area contributed by atoms with Crippen molar-refractivity contribution in [1.29, 1.82) is 0 Å². The molecule has 22 rings (SSSR count). The molecule has 0 N–H and O–H groups in total. The fraction of sp³-hybridized carbons (Fsp3) is 0. The molecule has 472 valence electrons. The van der Waals surface area contributed by atoms with Gasteiger partial charge in [0.05, 0.1) is 52.1 Å². The van der Waals surface area contributed by atoms with Crippen LogP contribution in [0.2, 0.25) is 0 Å². The Morgan fingerprint density at radius 2 is 0.647 bits per heavy atom. The average Bonchev–Trinajstić information content (AvgIpc) is 0.665. The summed E-state index contributed by atoms with van der Waals surface area (Å²) in [6.07, 6.45) is 0. The summed E-state index contributed by atoms with van der Waals surface area (Å²) in [5.74, 6) is 0. The molecule has 22 aromatic rings. The van der Waals surface area contributed by atoms with Crippen LogP contribution in [0, 0.1) is 0 Å². The first-order chi connectivity index (χ1) is 66.4. The monoisotopic (exact) mass is 1330 g/mol. The van der Waals surface area contributed by atoms with E-state index in [0.29, 0.717) is 27.8 Å². The Balaban J connectivity index is 0.000000174. The van der Waals surface area contributed by atoms with Crippen molar-refractivity contribution in [3.63, 3.8) is 0 Å². The third-order valence-electron chi connectivity index (χ3n) is 18.9. The zero-order valence-corrected chi connectivity index (χ0v) is 52.5. The maximum Gasteiger partial charge on any atom is 0.136 e. The summed E-state index contributed by atoms with van der Waals surface area (Å²) < 4.78 is 362. The molecule has 0 aliphatic carbocycles. The van der Waals surface area contributed by atoms with Crippen LogP contribution in [0.1, 0.15) is 52.1 Å². The molecule has 0 unspecified atom stereocenters. The third-order valence-corrected chi connectivity index (χ3v) is 18.9. The van der Waals surface area contributed by atoms with E-state index in [1.165, 1.54) is 0 Å². The number of benzene rings is 20. The van der Waals surface area contributed by atoms with Gasteiger partial charge in [0.15, 0.2) is 0 Å². The molecule has 0 bridgehead atoms. The lowest BCUT2D eigenvalue weighted by Crippen LogP contribution is -1.94. The fourth-order valence-corrected chi connectivity index (χ4v) is 14.7. The van der Waals surface area contributed by atoms with Crippen molar-refractivity contribution >= 4 is 152 Å². The van der Waals surface area contributed by atoms with Crippen LogP contribution in [0.3, 0.4) is 0 Å². The summed E-state index contributed by atoms with van der Waals surface area (Å²) >= 11 is 0. The molecule has 0 atom stereocenters. The first-order valence-electron chi connectivity index (χ1n) is 51.1. The standard InChI is InChI=1S/2C50H30O/c1-4-17-35-31(13-1)16-11-25-39(35)47-40-20-7-9-22-42(40)48(43-23-10-8-21-41(43)47)44-30-34(29-33-15-3-5-18-36(33)44)38-24-12-26-45-50(38)49-37-19-6-2-14-32(37)27-28-46(49)51-45;1-2-15-34-30-35(25-24-31(34)12-1)46-38-18-7-9-20-40(38)48(41-21-10-8-19-39(41)46)47-36-16-5-3-13-32(36)26-28-43(47)42-22-11-23-44-50(42)49-37-17-6-4-14-33(37)27-29-45(49)51-44/h2*1-30H/i7D,8D,9D,10D,20D,21D,22D,23D;1D,2D,3D,4D,5D,6D,7D,8D,9D,10D,11D,12D,13D,14D,15D,16D,17D,18D,19D,20D,21D,22D,23D,24D,25D,26D,27D,28D,29D,30D. The lowest BCUT2D eigenvalue weighted by molar-refractivity contribution is 0.669. The summed E-state index contributed by atoms with van der Waals surface area (Å²) in [5.41, 5.74) is -1.57. The zero-order chi connectivity index (χ0) is 100. The lowest BCUT2D eigenvalue weighted by atomic mass is 9.81. The Morgan fingerprint density at radius 3 is 1.34 bits per heavy atom. The maximum absolute atomic E-state index is 10.0. The van der Waals surface area contributed by atoms with Crippen LogP contribution in [-0.4, -0.2) is 0 Å². The predicted molar refractivity (Wildman–Crippen MR) is 435 cm³/mol. The highest BCUT2D eigenvalue weighted by Gasteiger charge is 2.26. The first kappa shape index (κ1) is 31.6. The Kier molecular flexibility index (Phi) is 7.17. The van der Waals surface area contributed by atoms with Crippen molar-refractivity contribution in [1.82, 2.24) is 0 Å². The number of hydrogen-bond donors (Lipinski definition) is 0. The van der Waals surface area contributed by atoms with E-state index in [-0.39, 0.29) is 45.7 Å². The minimum absolute atomic E-state index is 0.178. The molecule has 20 aromatic carbocycles. The quantitative estimate of drug-likeness (QED) is 0.155. The second kappa shape index (κ2) is 23.1. The minimum Gasteiger partial charge on any atom is -0.456 e. The molecule has 2 aromatic heterocycles. The lowest BCUT2D eigenvalue weighted by Gasteiger charge is -2.21. The Bertz CT molecular complexity index is 9520. The largest absolute Gasteiger partial charge is 0.456 e. The van der Waals surface area contributed by atoms with E-state index < -0.39 is 315 Å². The summed E-state index contributed by atoms with van der Waals surface area (Å²) in [6.45, 7) is 0. The summed E-state index contributed by atoms with van der Waals surface area (Å²) in [6, 6.07) is 11.0. The van der Waals surface area contributed by atoms with Crippen LogP contribution >= 0.6 is 0 Å². The molecule has 102 heavy (non-hydrogen) atoms. The molecule has 0 amide bonds. The van der Waals surface area contributed by atoms with Gasteiger partial charge in [-0.1, -0.05) is 321 Å². The number of rotatable bonds is 6. The van der Waals surface area contributed by atoms with E-state index in [2.05, 4.69) is 24.3 Å². The van der Waals surface area contributed by atoms with Crippen LogP contribution in [0.4, 0.5) is 0 Å². The topological polar surface area (TPSA) is 26.3 Å². The molecule has 2 nitrogen and oxygen atoms in total. The van der Waals surface area contributed by atoms with Gasteiger partial charge in [-0.25, -0.2) is 0 Å². The zero-order valence-electron chi connectivity index (χ0n) is 90.5. The molecule has 0 fully saturated rings. The molecule has 2 heterocycles. The van der Waals surface area contributed by atoms with Crippen molar-refractivity contribution in [3.05, 3.63) is 363 Å². The fourth-order valence-electron chi connectivity index (χ4n) is 14.7. The first-order valence-corrected chi connectivity index (χ1v) is 32.1. The van der Waals surface area contributed by atoms with Gasteiger partial charge in [0.2, 0.25) is 0 Å². The van der Waals surface area contributed by atoms with Gasteiger partial charge in [0.25, 0.3) is 0 Å². The van der Waals surface area contributed by atoms with Crippen molar-refractivity contribution in [2.45, 2.75) is 0 Å². The number of fused-ring (bicyclic) bond motifs is 18.